The number of carbonyl (C=O) groups is 1. The first-order valence-corrected chi connectivity index (χ1v) is 2.54. The second kappa shape index (κ2) is 6.47. The molecule has 0 fully saturated rings. The summed E-state index contributed by atoms with van der Waals surface area (Å²) in [6, 6.07) is -0.713. The van der Waals surface area contributed by atoms with Crippen LogP contribution in [0.4, 0.5) is 0 Å². The van der Waals surface area contributed by atoms with Crippen LogP contribution in [0.5, 0.6) is 0 Å². The Morgan fingerprint density at radius 1 is 1.40 bits per heavy atom. The molecule has 0 aliphatic carbocycles. The molecule has 1 atom stereocenters. The SMILES string of the molecule is CC(C)[C@H](N)C(=O)O.O.O. The Morgan fingerprint density at radius 2 is 1.70 bits per heavy atom. The van der Waals surface area contributed by atoms with Crippen molar-refractivity contribution < 1.29 is 20.9 Å². The largest absolute Gasteiger partial charge is 0.480 e. The van der Waals surface area contributed by atoms with Crippen molar-refractivity contribution in [2.45, 2.75) is 19.9 Å². The molecule has 0 spiro atoms. The van der Waals surface area contributed by atoms with Crippen LogP contribution in [0.15, 0.2) is 0 Å². The van der Waals surface area contributed by atoms with E-state index in [2.05, 4.69) is 0 Å². The molecule has 0 aromatic carbocycles. The lowest BCUT2D eigenvalue weighted by atomic mass is 10.1. The van der Waals surface area contributed by atoms with Gasteiger partial charge in [0.15, 0.2) is 0 Å². The molecule has 0 rings (SSSR count). The van der Waals surface area contributed by atoms with Gasteiger partial charge in [0.05, 0.1) is 0 Å². The van der Waals surface area contributed by atoms with Crippen LogP contribution in [0.1, 0.15) is 13.8 Å². The van der Waals surface area contributed by atoms with Gasteiger partial charge in [0.1, 0.15) is 6.04 Å². The molecule has 0 bridgehead atoms. The van der Waals surface area contributed by atoms with Gasteiger partial charge in [-0.15, -0.1) is 0 Å². The predicted molar refractivity (Wildman–Crippen MR) is 37.7 cm³/mol. The molecular weight excluding hydrogens is 138 g/mol. The summed E-state index contributed by atoms with van der Waals surface area (Å²) in [5, 5.41) is 8.23. The number of hydrogen-bond acceptors (Lipinski definition) is 2. The predicted octanol–water partition coefficient (Wildman–Crippen LogP) is -1.60. The lowest BCUT2D eigenvalue weighted by Gasteiger charge is -2.07. The quantitative estimate of drug-likeness (QED) is 0.496. The van der Waals surface area contributed by atoms with Crippen LogP contribution in [-0.4, -0.2) is 28.1 Å². The van der Waals surface area contributed by atoms with Gasteiger partial charge in [-0.3, -0.25) is 4.79 Å². The highest BCUT2D eigenvalue weighted by Crippen LogP contribution is 1.96. The highest BCUT2D eigenvalue weighted by atomic mass is 16.4. The second-order valence-corrected chi connectivity index (χ2v) is 2.11. The zero-order valence-electron chi connectivity index (χ0n) is 6.09. The summed E-state index contributed by atoms with van der Waals surface area (Å²) in [6.07, 6.45) is 0. The third-order valence-corrected chi connectivity index (χ3v) is 1.00. The highest BCUT2D eigenvalue weighted by Gasteiger charge is 2.14. The van der Waals surface area contributed by atoms with Gasteiger partial charge in [-0.2, -0.15) is 0 Å². The Morgan fingerprint density at radius 3 is 1.70 bits per heavy atom. The second-order valence-electron chi connectivity index (χ2n) is 2.11. The van der Waals surface area contributed by atoms with E-state index in [1.165, 1.54) is 0 Å². The minimum atomic E-state index is -0.931. The maximum Gasteiger partial charge on any atom is 0.320 e. The molecule has 0 saturated heterocycles. The number of aliphatic carboxylic acids is 1. The third kappa shape index (κ3) is 5.49. The van der Waals surface area contributed by atoms with Crippen molar-refractivity contribution in [2.75, 3.05) is 0 Å². The molecule has 0 saturated carbocycles. The Kier molecular flexibility index (Phi) is 10.5. The standard InChI is InChI=1S/C5H11NO2.2H2O/c1-3(2)4(6)5(7)8;;/h3-4H,6H2,1-2H3,(H,7,8);2*1H2/t4-;;/m0../s1. The summed E-state index contributed by atoms with van der Waals surface area (Å²) in [6.45, 7) is 3.55. The topological polar surface area (TPSA) is 126 Å². The molecule has 7 N–H and O–H groups in total. The van der Waals surface area contributed by atoms with Crippen LogP contribution in [0, 0.1) is 5.92 Å². The van der Waals surface area contributed by atoms with E-state index in [0.29, 0.717) is 0 Å². The van der Waals surface area contributed by atoms with Crippen molar-refractivity contribution in [2.24, 2.45) is 11.7 Å². The van der Waals surface area contributed by atoms with Gasteiger partial charge >= 0.3 is 5.97 Å². The van der Waals surface area contributed by atoms with Gasteiger partial charge in [-0.25, -0.2) is 0 Å². The van der Waals surface area contributed by atoms with E-state index in [1.54, 1.807) is 13.8 Å². The van der Waals surface area contributed by atoms with Crippen molar-refractivity contribution in [3.63, 3.8) is 0 Å². The molecule has 0 heterocycles. The molecule has 0 aromatic heterocycles. The molecule has 0 radical (unpaired) electrons. The number of nitrogens with two attached hydrogens (primary N) is 1. The Labute approximate surface area is 59.5 Å². The highest BCUT2D eigenvalue weighted by molar-refractivity contribution is 5.73. The molecule has 5 heteroatoms. The van der Waals surface area contributed by atoms with Crippen LogP contribution < -0.4 is 5.73 Å². The van der Waals surface area contributed by atoms with Gasteiger partial charge < -0.3 is 21.8 Å². The molecular formula is C5H15NO4. The third-order valence-electron chi connectivity index (χ3n) is 1.00. The lowest BCUT2D eigenvalue weighted by molar-refractivity contribution is -0.139. The zero-order valence-corrected chi connectivity index (χ0v) is 6.09. The van der Waals surface area contributed by atoms with Crippen molar-refractivity contribution in [3.05, 3.63) is 0 Å². The fourth-order valence-corrected chi connectivity index (χ4v) is 0.285. The van der Waals surface area contributed by atoms with Crippen molar-refractivity contribution in [1.29, 1.82) is 0 Å². The molecule has 0 aliphatic rings. The fourth-order valence-electron chi connectivity index (χ4n) is 0.285. The first-order valence-electron chi connectivity index (χ1n) is 2.54. The monoisotopic (exact) mass is 153 g/mol. The maximum absolute atomic E-state index is 10.0. The molecule has 0 unspecified atom stereocenters. The van der Waals surface area contributed by atoms with Crippen LogP contribution in [0.25, 0.3) is 0 Å². The van der Waals surface area contributed by atoms with Gasteiger partial charge in [0, 0.05) is 0 Å². The van der Waals surface area contributed by atoms with Gasteiger partial charge in [-0.1, -0.05) is 13.8 Å². The van der Waals surface area contributed by atoms with Crippen LogP contribution in [0.2, 0.25) is 0 Å². The molecule has 64 valence electrons. The Bertz CT molecular complexity index is 93.6. The minimum Gasteiger partial charge on any atom is -0.480 e. The average Bonchev–Trinajstić information content (AvgIpc) is 1.64. The van der Waals surface area contributed by atoms with Crippen molar-refractivity contribution in [1.82, 2.24) is 0 Å². The van der Waals surface area contributed by atoms with Gasteiger partial charge in [-0.05, 0) is 5.92 Å². The van der Waals surface area contributed by atoms with E-state index in [1.807, 2.05) is 0 Å². The van der Waals surface area contributed by atoms with Crippen molar-refractivity contribution >= 4 is 5.97 Å². The summed E-state index contributed by atoms with van der Waals surface area (Å²) >= 11 is 0. The number of rotatable bonds is 2. The summed E-state index contributed by atoms with van der Waals surface area (Å²) in [7, 11) is 0. The maximum atomic E-state index is 10.0. The molecule has 0 aromatic rings. The number of carboxylic acid groups (broad SMARTS) is 1. The summed E-state index contributed by atoms with van der Waals surface area (Å²) in [5.41, 5.74) is 5.16. The Hall–Kier alpha value is -0.650. The van der Waals surface area contributed by atoms with E-state index in [4.69, 9.17) is 10.8 Å². The summed E-state index contributed by atoms with van der Waals surface area (Å²) < 4.78 is 0. The summed E-state index contributed by atoms with van der Waals surface area (Å²) in [4.78, 5) is 10.0. The van der Waals surface area contributed by atoms with E-state index in [-0.39, 0.29) is 16.9 Å². The van der Waals surface area contributed by atoms with E-state index >= 15 is 0 Å². The zero-order chi connectivity index (χ0) is 6.73. The van der Waals surface area contributed by atoms with E-state index < -0.39 is 12.0 Å². The molecule has 0 aliphatic heterocycles. The van der Waals surface area contributed by atoms with Crippen LogP contribution in [0.3, 0.4) is 0 Å². The molecule has 10 heavy (non-hydrogen) atoms. The van der Waals surface area contributed by atoms with E-state index in [9.17, 15) is 4.79 Å². The smallest absolute Gasteiger partial charge is 0.320 e. The Balaban J connectivity index is -0.000000245. The summed E-state index contributed by atoms with van der Waals surface area (Å²) in [5.74, 6) is -0.910. The number of carboxylic acids is 1. The van der Waals surface area contributed by atoms with Crippen LogP contribution >= 0.6 is 0 Å². The van der Waals surface area contributed by atoms with Crippen LogP contribution in [-0.2, 0) is 4.79 Å². The first kappa shape index (κ1) is 16.2. The van der Waals surface area contributed by atoms with Gasteiger partial charge in [0.25, 0.3) is 0 Å². The number of hydrogen-bond donors (Lipinski definition) is 2. The average molecular weight is 153 g/mol. The van der Waals surface area contributed by atoms with Gasteiger partial charge in [0.2, 0.25) is 0 Å². The normalized spacial score (nSPS) is 11.2. The van der Waals surface area contributed by atoms with Crippen molar-refractivity contribution in [3.8, 4) is 0 Å². The fraction of sp³-hybridized carbons (Fsp3) is 0.800. The lowest BCUT2D eigenvalue weighted by Crippen LogP contribution is -2.34. The minimum absolute atomic E-state index is 0. The molecule has 0 amide bonds. The molecule has 5 nitrogen and oxygen atoms in total. The first-order chi connectivity index (χ1) is 3.55. The van der Waals surface area contributed by atoms with E-state index in [0.717, 1.165) is 0 Å².